The highest BCUT2D eigenvalue weighted by molar-refractivity contribution is 5.27. The van der Waals surface area contributed by atoms with Crippen molar-refractivity contribution in [2.45, 2.75) is 44.1 Å². The molecule has 1 nitrogen and oxygen atoms in total. The van der Waals surface area contributed by atoms with Gasteiger partial charge < -0.3 is 5.73 Å². The normalized spacial score (nSPS) is 43.1. The first-order chi connectivity index (χ1) is 8.86. The van der Waals surface area contributed by atoms with Crippen LogP contribution in [0.15, 0.2) is 30.3 Å². The molecule has 0 radical (unpaired) electrons. The van der Waals surface area contributed by atoms with E-state index < -0.39 is 0 Å². The van der Waals surface area contributed by atoms with Crippen LogP contribution in [0.1, 0.15) is 43.6 Å². The summed E-state index contributed by atoms with van der Waals surface area (Å²) in [5.74, 6) is 4.44. The molecule has 0 heterocycles. The van der Waals surface area contributed by atoms with Gasteiger partial charge in [0.15, 0.2) is 0 Å². The van der Waals surface area contributed by atoms with E-state index in [4.69, 9.17) is 5.73 Å². The Morgan fingerprint density at radius 1 is 1.00 bits per heavy atom. The highest BCUT2D eigenvalue weighted by Crippen LogP contribution is 2.62. The molecule has 2 N–H and O–H groups in total. The van der Waals surface area contributed by atoms with E-state index in [1.54, 1.807) is 0 Å². The molecule has 5 atom stereocenters. The second-order valence-electron chi connectivity index (χ2n) is 6.68. The lowest BCUT2D eigenvalue weighted by molar-refractivity contribution is 0.476. The number of rotatable bonds is 3. The largest absolute Gasteiger partial charge is 0.327 e. The molecule has 0 bridgehead atoms. The molecular formula is C17H23N. The van der Waals surface area contributed by atoms with Crippen LogP contribution >= 0.6 is 0 Å². The second kappa shape index (κ2) is 4.09. The third-order valence-electron chi connectivity index (χ3n) is 5.73. The van der Waals surface area contributed by atoms with Crippen molar-refractivity contribution < 1.29 is 0 Å². The van der Waals surface area contributed by atoms with Crippen LogP contribution in [0.25, 0.3) is 0 Å². The summed E-state index contributed by atoms with van der Waals surface area (Å²) in [6, 6.07) is 11.5. The van der Waals surface area contributed by atoms with Gasteiger partial charge in [-0.1, -0.05) is 43.2 Å². The van der Waals surface area contributed by atoms with Gasteiger partial charge in [0.05, 0.1) is 0 Å². The molecule has 96 valence electrons. The summed E-state index contributed by atoms with van der Waals surface area (Å²) in [6.45, 7) is 0. The van der Waals surface area contributed by atoms with Gasteiger partial charge >= 0.3 is 0 Å². The van der Waals surface area contributed by atoms with Gasteiger partial charge in [0, 0.05) is 6.04 Å². The van der Waals surface area contributed by atoms with Crippen LogP contribution in [0.4, 0.5) is 0 Å². The number of nitrogens with two attached hydrogens (primary N) is 1. The molecule has 0 aliphatic heterocycles. The van der Waals surface area contributed by atoms with E-state index in [9.17, 15) is 0 Å². The van der Waals surface area contributed by atoms with E-state index in [0.717, 1.165) is 29.6 Å². The summed E-state index contributed by atoms with van der Waals surface area (Å²) in [4.78, 5) is 0. The van der Waals surface area contributed by atoms with Crippen molar-refractivity contribution in [1.29, 1.82) is 0 Å². The van der Waals surface area contributed by atoms with Crippen LogP contribution in [0.2, 0.25) is 0 Å². The summed E-state index contributed by atoms with van der Waals surface area (Å²) < 4.78 is 0. The Kier molecular flexibility index (Phi) is 2.51. The Labute approximate surface area is 110 Å². The highest BCUT2D eigenvalue weighted by Gasteiger charge is 2.58. The number of fused-ring (bicyclic) bond motifs is 1. The van der Waals surface area contributed by atoms with Crippen molar-refractivity contribution >= 4 is 0 Å². The van der Waals surface area contributed by atoms with E-state index in [2.05, 4.69) is 30.3 Å². The quantitative estimate of drug-likeness (QED) is 0.860. The van der Waals surface area contributed by atoms with E-state index in [1.165, 1.54) is 37.7 Å². The van der Waals surface area contributed by atoms with Crippen molar-refractivity contribution in [3.63, 3.8) is 0 Å². The third-order valence-corrected chi connectivity index (χ3v) is 5.73. The second-order valence-corrected chi connectivity index (χ2v) is 6.68. The summed E-state index contributed by atoms with van der Waals surface area (Å²) in [6.07, 6.45) is 7.17. The van der Waals surface area contributed by atoms with Crippen LogP contribution in [0, 0.1) is 23.7 Å². The predicted molar refractivity (Wildman–Crippen MR) is 74.2 cm³/mol. The molecule has 0 aromatic heterocycles. The molecule has 5 unspecified atom stereocenters. The lowest BCUT2D eigenvalue weighted by atomic mass is 10.0. The molecular weight excluding hydrogens is 218 g/mol. The van der Waals surface area contributed by atoms with E-state index >= 15 is 0 Å². The standard InChI is InChI=1S/C17H23N/c18-17(16-12-8-4-5-9-13(12)16)15-10-14(15)11-6-2-1-3-7-11/h1-3,6-7,12-17H,4-5,8-10,18H2. The molecule has 0 amide bonds. The Hall–Kier alpha value is -0.820. The Balaban J connectivity index is 1.41. The smallest absolute Gasteiger partial charge is 0.0107 e. The minimum Gasteiger partial charge on any atom is -0.327 e. The minimum absolute atomic E-state index is 0.489. The molecule has 0 spiro atoms. The first-order valence-corrected chi connectivity index (χ1v) is 7.67. The minimum atomic E-state index is 0.489. The SMILES string of the molecule is NC(C1CC1c1ccccc1)C1C2CCCCC21. The highest BCUT2D eigenvalue weighted by atomic mass is 14.8. The maximum Gasteiger partial charge on any atom is 0.0107 e. The van der Waals surface area contributed by atoms with Gasteiger partial charge in [-0.15, -0.1) is 0 Å². The van der Waals surface area contributed by atoms with E-state index in [1.807, 2.05) is 0 Å². The molecule has 1 heteroatoms. The first-order valence-electron chi connectivity index (χ1n) is 7.67. The molecule has 4 rings (SSSR count). The van der Waals surface area contributed by atoms with Crippen molar-refractivity contribution in [2.75, 3.05) is 0 Å². The van der Waals surface area contributed by atoms with Crippen molar-refractivity contribution in [3.8, 4) is 0 Å². The Morgan fingerprint density at radius 3 is 2.33 bits per heavy atom. The van der Waals surface area contributed by atoms with Gasteiger partial charge in [0.1, 0.15) is 0 Å². The molecule has 3 fully saturated rings. The average molecular weight is 241 g/mol. The van der Waals surface area contributed by atoms with Gasteiger partial charge in [-0.3, -0.25) is 0 Å². The summed E-state index contributed by atoms with van der Waals surface area (Å²) >= 11 is 0. The molecule has 0 saturated heterocycles. The monoisotopic (exact) mass is 241 g/mol. The zero-order valence-electron chi connectivity index (χ0n) is 11.0. The molecule has 3 aliphatic carbocycles. The van der Waals surface area contributed by atoms with Crippen LogP contribution in [-0.4, -0.2) is 6.04 Å². The van der Waals surface area contributed by atoms with Crippen molar-refractivity contribution in [1.82, 2.24) is 0 Å². The molecule has 3 saturated carbocycles. The van der Waals surface area contributed by atoms with Crippen LogP contribution in [-0.2, 0) is 0 Å². The molecule has 1 aromatic rings. The summed E-state index contributed by atoms with van der Waals surface area (Å²) in [5, 5.41) is 0. The summed E-state index contributed by atoms with van der Waals surface area (Å²) in [7, 11) is 0. The van der Waals surface area contributed by atoms with Gasteiger partial charge in [-0.05, 0) is 54.4 Å². The fraction of sp³-hybridized carbons (Fsp3) is 0.647. The number of hydrogen-bond acceptors (Lipinski definition) is 1. The van der Waals surface area contributed by atoms with Gasteiger partial charge in [0.2, 0.25) is 0 Å². The maximum atomic E-state index is 6.57. The van der Waals surface area contributed by atoms with Crippen LogP contribution in [0.3, 0.4) is 0 Å². The fourth-order valence-corrected chi connectivity index (χ4v) is 4.63. The van der Waals surface area contributed by atoms with E-state index in [0.29, 0.717) is 6.04 Å². The van der Waals surface area contributed by atoms with Crippen LogP contribution < -0.4 is 5.73 Å². The van der Waals surface area contributed by atoms with E-state index in [-0.39, 0.29) is 0 Å². The Morgan fingerprint density at radius 2 is 1.67 bits per heavy atom. The maximum absolute atomic E-state index is 6.57. The Bertz CT molecular complexity index is 414. The summed E-state index contributed by atoms with van der Waals surface area (Å²) in [5.41, 5.74) is 8.09. The molecule has 3 aliphatic rings. The predicted octanol–water partition coefficient (Wildman–Crippen LogP) is 3.55. The topological polar surface area (TPSA) is 26.0 Å². The van der Waals surface area contributed by atoms with Crippen molar-refractivity contribution in [2.24, 2.45) is 29.4 Å². The molecule has 1 aromatic carbocycles. The van der Waals surface area contributed by atoms with Gasteiger partial charge in [-0.25, -0.2) is 0 Å². The zero-order chi connectivity index (χ0) is 12.1. The number of benzene rings is 1. The molecule has 18 heavy (non-hydrogen) atoms. The third kappa shape index (κ3) is 1.72. The fourth-order valence-electron chi connectivity index (χ4n) is 4.63. The van der Waals surface area contributed by atoms with Gasteiger partial charge in [0.25, 0.3) is 0 Å². The first kappa shape index (κ1) is 11.0. The zero-order valence-corrected chi connectivity index (χ0v) is 11.0. The average Bonchev–Trinajstić information content (AvgIpc) is 3.32. The number of hydrogen-bond donors (Lipinski definition) is 1. The van der Waals surface area contributed by atoms with Crippen molar-refractivity contribution in [3.05, 3.63) is 35.9 Å². The van der Waals surface area contributed by atoms with Crippen LogP contribution in [0.5, 0.6) is 0 Å². The lowest BCUT2D eigenvalue weighted by Gasteiger charge is -2.11. The van der Waals surface area contributed by atoms with Gasteiger partial charge in [-0.2, -0.15) is 0 Å². The lowest BCUT2D eigenvalue weighted by Crippen LogP contribution is -2.27.